The van der Waals surface area contributed by atoms with E-state index in [9.17, 15) is 22.4 Å². The van der Waals surface area contributed by atoms with Gasteiger partial charge in [0.1, 0.15) is 18.1 Å². The first-order valence-corrected chi connectivity index (χ1v) is 9.73. The van der Waals surface area contributed by atoms with Crippen LogP contribution in [0.15, 0.2) is 42.6 Å². The summed E-state index contributed by atoms with van der Waals surface area (Å²) in [6.07, 6.45) is -0.0851. The van der Waals surface area contributed by atoms with E-state index in [1.807, 2.05) is 6.92 Å². The highest BCUT2D eigenvalue weighted by molar-refractivity contribution is 6.31. The molecule has 1 aliphatic heterocycles. The molecular weight excluding hydrogens is 422 g/mol. The number of alkyl halides is 3. The van der Waals surface area contributed by atoms with Gasteiger partial charge < -0.3 is 0 Å². The Morgan fingerprint density at radius 3 is 2.67 bits per heavy atom. The first-order chi connectivity index (χ1) is 14.0. The van der Waals surface area contributed by atoms with Crippen molar-refractivity contribution in [3.05, 3.63) is 64.7 Å². The summed E-state index contributed by atoms with van der Waals surface area (Å²) in [7, 11) is 1.74. The number of anilines is 1. The highest BCUT2D eigenvalue weighted by Crippen LogP contribution is 2.36. The van der Waals surface area contributed by atoms with Crippen LogP contribution in [0.4, 0.5) is 28.0 Å². The Balaban J connectivity index is 1.82. The van der Waals surface area contributed by atoms with Crippen molar-refractivity contribution in [2.24, 2.45) is 0 Å². The molecule has 1 aliphatic rings. The van der Waals surface area contributed by atoms with Crippen molar-refractivity contribution in [1.29, 1.82) is 0 Å². The second-order valence-corrected chi connectivity index (χ2v) is 7.93. The van der Waals surface area contributed by atoms with E-state index in [2.05, 4.69) is 10.3 Å². The molecule has 1 aromatic carbocycles. The summed E-state index contributed by atoms with van der Waals surface area (Å²) in [6.45, 7) is 2.19. The third kappa shape index (κ3) is 4.49. The molecule has 2 amide bonds. The van der Waals surface area contributed by atoms with Crippen LogP contribution < -0.4 is 5.32 Å². The van der Waals surface area contributed by atoms with Crippen LogP contribution in [0.3, 0.4) is 0 Å². The molecule has 0 bridgehead atoms. The number of likely N-dealkylation sites (N-methyl/N-ethyl adjacent to an activating group) is 1. The van der Waals surface area contributed by atoms with Crippen LogP contribution in [-0.2, 0) is 6.18 Å². The minimum Gasteiger partial charge on any atom is -0.275 e. The van der Waals surface area contributed by atoms with E-state index in [1.54, 1.807) is 13.1 Å². The number of carbonyl (C=O) groups is 1. The molecule has 1 N–H and O–H groups in total. The highest BCUT2D eigenvalue weighted by atomic mass is 35.5. The lowest BCUT2D eigenvalue weighted by Gasteiger charge is -2.35. The number of pyridine rings is 1. The molecule has 2 aromatic rings. The fourth-order valence-electron chi connectivity index (χ4n) is 3.43. The molecule has 2 atom stereocenters. The number of quaternary nitrogens is 1. The second kappa shape index (κ2) is 8.35. The van der Waals surface area contributed by atoms with E-state index in [0.717, 1.165) is 17.7 Å². The van der Waals surface area contributed by atoms with Crippen molar-refractivity contribution in [2.45, 2.75) is 32.0 Å². The Morgan fingerprint density at radius 1 is 1.30 bits per heavy atom. The molecule has 0 saturated carbocycles. The van der Waals surface area contributed by atoms with Crippen LogP contribution >= 0.6 is 11.6 Å². The third-order valence-corrected chi connectivity index (χ3v) is 5.89. The van der Waals surface area contributed by atoms with Crippen LogP contribution in [0.1, 0.15) is 31.0 Å². The molecule has 30 heavy (non-hydrogen) atoms. The molecule has 9 heteroatoms. The zero-order valence-corrected chi connectivity index (χ0v) is 17.2. The van der Waals surface area contributed by atoms with Crippen molar-refractivity contribution in [3.8, 4) is 0 Å². The normalized spacial score (nSPS) is 22.2. The summed E-state index contributed by atoms with van der Waals surface area (Å²) in [5.41, 5.74) is 0.213. The summed E-state index contributed by atoms with van der Waals surface area (Å²) in [4.78, 5) is 17.1. The number of carbonyl (C=O) groups excluding carboxylic acids is 1. The SMILES string of the molecule is C[C@@H]1CCC(c2ncccc2F)=CC[N+]1(C)C(=O)Nc1ccc(C(F)(F)F)c(Cl)c1. The lowest BCUT2D eigenvalue weighted by molar-refractivity contribution is -0.846. The molecular formula is C21H21ClF4N3O+. The molecule has 0 aliphatic carbocycles. The van der Waals surface area contributed by atoms with Crippen LogP contribution in [0.5, 0.6) is 0 Å². The number of benzene rings is 1. The van der Waals surface area contributed by atoms with Gasteiger partial charge in [-0.2, -0.15) is 13.2 Å². The van der Waals surface area contributed by atoms with E-state index in [1.165, 1.54) is 24.4 Å². The summed E-state index contributed by atoms with van der Waals surface area (Å²) in [5, 5.41) is 2.17. The van der Waals surface area contributed by atoms with Gasteiger partial charge >= 0.3 is 12.2 Å². The molecule has 1 unspecified atom stereocenters. The van der Waals surface area contributed by atoms with Gasteiger partial charge in [-0.15, -0.1) is 0 Å². The zero-order valence-electron chi connectivity index (χ0n) is 16.4. The third-order valence-electron chi connectivity index (χ3n) is 5.57. The molecule has 3 rings (SSSR count). The highest BCUT2D eigenvalue weighted by Gasteiger charge is 2.39. The lowest BCUT2D eigenvalue weighted by Crippen LogP contribution is -2.56. The summed E-state index contributed by atoms with van der Waals surface area (Å²) >= 11 is 5.75. The van der Waals surface area contributed by atoms with Gasteiger partial charge in [-0.1, -0.05) is 11.6 Å². The maximum absolute atomic E-state index is 14.1. The molecule has 4 nitrogen and oxygen atoms in total. The fourth-order valence-corrected chi connectivity index (χ4v) is 3.71. The molecule has 0 saturated heterocycles. The lowest BCUT2D eigenvalue weighted by atomic mass is 10.0. The van der Waals surface area contributed by atoms with Gasteiger partial charge in [0, 0.05) is 18.3 Å². The number of amides is 2. The number of hydrogen-bond acceptors (Lipinski definition) is 2. The number of nitrogens with zero attached hydrogens (tertiary/aromatic N) is 2. The Kier molecular flexibility index (Phi) is 6.19. The number of nitrogens with one attached hydrogen (secondary N) is 1. The maximum Gasteiger partial charge on any atom is 0.421 e. The summed E-state index contributed by atoms with van der Waals surface area (Å²) < 4.78 is 52.7. The van der Waals surface area contributed by atoms with Crippen molar-refractivity contribution in [1.82, 2.24) is 4.98 Å². The van der Waals surface area contributed by atoms with Crippen molar-refractivity contribution < 1.29 is 26.8 Å². The predicted molar refractivity (Wildman–Crippen MR) is 107 cm³/mol. The van der Waals surface area contributed by atoms with Crippen LogP contribution in [0, 0.1) is 5.82 Å². The largest absolute Gasteiger partial charge is 0.421 e. The Bertz CT molecular complexity index is 992. The van der Waals surface area contributed by atoms with Gasteiger partial charge in [-0.05, 0) is 55.3 Å². The Hall–Kier alpha value is -2.45. The molecule has 160 valence electrons. The second-order valence-electron chi connectivity index (χ2n) is 7.52. The molecule has 0 fully saturated rings. The number of urea groups is 1. The fraction of sp³-hybridized carbons (Fsp3) is 0.333. The van der Waals surface area contributed by atoms with Crippen LogP contribution in [-0.4, -0.2) is 35.1 Å². The predicted octanol–water partition coefficient (Wildman–Crippen LogP) is 6.14. The number of halogens is 5. The Labute approximate surface area is 176 Å². The van der Waals surface area contributed by atoms with E-state index in [0.29, 0.717) is 12.8 Å². The number of rotatable bonds is 2. The quantitative estimate of drug-likeness (QED) is 0.448. The number of allylic oxidation sites excluding steroid dienone is 1. The van der Waals surface area contributed by atoms with E-state index in [4.69, 9.17) is 11.6 Å². The van der Waals surface area contributed by atoms with E-state index in [-0.39, 0.29) is 28.5 Å². The average Bonchev–Trinajstić information content (AvgIpc) is 2.81. The average molecular weight is 443 g/mol. The topological polar surface area (TPSA) is 42.0 Å². The monoisotopic (exact) mass is 442 g/mol. The zero-order chi connectivity index (χ0) is 22.1. The van der Waals surface area contributed by atoms with Gasteiger partial charge in [-0.25, -0.2) is 13.7 Å². The molecule has 2 heterocycles. The van der Waals surface area contributed by atoms with Gasteiger partial charge in [0.05, 0.1) is 23.7 Å². The molecule has 0 spiro atoms. The summed E-state index contributed by atoms with van der Waals surface area (Å²) in [6, 6.07) is 5.44. The van der Waals surface area contributed by atoms with Crippen molar-refractivity contribution >= 4 is 28.9 Å². The minimum absolute atomic E-state index is 0.0450. The van der Waals surface area contributed by atoms with Gasteiger partial charge in [0.15, 0.2) is 0 Å². The maximum atomic E-state index is 14.1. The smallest absolute Gasteiger partial charge is 0.275 e. The first kappa shape index (κ1) is 22.2. The Morgan fingerprint density at radius 2 is 2.03 bits per heavy atom. The van der Waals surface area contributed by atoms with Gasteiger partial charge in [0.25, 0.3) is 0 Å². The van der Waals surface area contributed by atoms with E-state index >= 15 is 0 Å². The summed E-state index contributed by atoms with van der Waals surface area (Å²) in [5.74, 6) is -0.420. The first-order valence-electron chi connectivity index (χ1n) is 9.36. The van der Waals surface area contributed by atoms with Crippen molar-refractivity contribution in [3.63, 3.8) is 0 Å². The van der Waals surface area contributed by atoms with E-state index < -0.39 is 28.6 Å². The van der Waals surface area contributed by atoms with Gasteiger partial charge in [0.2, 0.25) is 0 Å². The molecule has 1 aromatic heterocycles. The van der Waals surface area contributed by atoms with Crippen LogP contribution in [0.25, 0.3) is 5.57 Å². The standard InChI is InChI=1S/C21H20ClF4N3O/c1-13-5-6-14(19-18(23)4-3-10-27-19)9-11-29(13,2)20(30)28-15-7-8-16(17(22)12-15)21(24,25)26/h3-4,7-10,12-13H,5-6,11H2,1-2H3/p+1/t13-,29?/m1/s1. The van der Waals surface area contributed by atoms with Crippen molar-refractivity contribution in [2.75, 3.05) is 18.9 Å². The molecule has 0 radical (unpaired) electrons. The van der Waals surface area contributed by atoms with Gasteiger partial charge in [-0.3, -0.25) is 10.3 Å². The van der Waals surface area contributed by atoms with Crippen LogP contribution in [0.2, 0.25) is 5.02 Å². The number of aromatic nitrogens is 1. The number of hydrogen-bond donors (Lipinski definition) is 1. The minimum atomic E-state index is -4.57.